The van der Waals surface area contributed by atoms with Crippen LogP contribution in [0, 0.1) is 6.92 Å². The number of aliphatic hydroxyl groups is 1. The van der Waals surface area contributed by atoms with Gasteiger partial charge >= 0.3 is 6.09 Å². The summed E-state index contributed by atoms with van der Waals surface area (Å²) < 4.78 is 33.0. The Morgan fingerprint density at radius 1 is 1.17 bits per heavy atom. The van der Waals surface area contributed by atoms with Crippen LogP contribution in [0.3, 0.4) is 0 Å². The lowest BCUT2D eigenvalue weighted by Crippen LogP contribution is -2.40. The molecule has 1 atom stereocenters. The van der Waals surface area contributed by atoms with Crippen LogP contribution in [-0.4, -0.2) is 55.8 Å². The lowest BCUT2D eigenvalue weighted by atomic mass is 10.1. The molecule has 30 heavy (non-hydrogen) atoms. The highest BCUT2D eigenvalue weighted by molar-refractivity contribution is 7.89. The molecular formula is C22H32N2O5S. The van der Waals surface area contributed by atoms with Gasteiger partial charge in [-0.15, -0.1) is 0 Å². The summed E-state index contributed by atoms with van der Waals surface area (Å²) in [6.45, 7) is 7.30. The number of aliphatic hydroxyl groups excluding tert-OH is 1. The first-order valence-corrected chi connectivity index (χ1v) is 11.5. The Morgan fingerprint density at radius 2 is 1.80 bits per heavy atom. The minimum Gasteiger partial charge on any atom is -0.444 e. The van der Waals surface area contributed by atoms with Gasteiger partial charge < -0.3 is 15.2 Å². The Labute approximate surface area is 179 Å². The lowest BCUT2D eigenvalue weighted by molar-refractivity contribution is 0.0525. The van der Waals surface area contributed by atoms with E-state index in [9.17, 15) is 18.3 Å². The molecule has 0 unspecified atom stereocenters. The molecule has 0 aromatic heterocycles. The van der Waals surface area contributed by atoms with Gasteiger partial charge in [0.1, 0.15) is 5.60 Å². The molecule has 0 saturated heterocycles. The minimum atomic E-state index is -3.81. The monoisotopic (exact) mass is 436 g/mol. The number of nitrogens with zero attached hydrogens (tertiary/aromatic N) is 1. The second-order valence-electron chi connectivity index (χ2n) is 8.35. The number of carbonyl (C=O) groups is 1. The van der Waals surface area contributed by atoms with Crippen molar-refractivity contribution in [2.75, 3.05) is 20.2 Å². The average molecular weight is 437 g/mol. The molecular weight excluding hydrogens is 404 g/mol. The first-order valence-electron chi connectivity index (χ1n) is 10.0. The number of hydrogen-bond donors (Lipinski definition) is 2. The highest BCUT2D eigenvalue weighted by Crippen LogP contribution is 2.28. The number of hydrogen-bond acceptors (Lipinski definition) is 5. The van der Waals surface area contributed by atoms with Gasteiger partial charge in [0, 0.05) is 25.0 Å². The molecule has 1 amide bonds. The lowest BCUT2D eigenvalue weighted by Gasteiger charge is -2.27. The molecule has 0 spiro atoms. The van der Waals surface area contributed by atoms with Crippen molar-refractivity contribution < 1.29 is 23.1 Å². The van der Waals surface area contributed by atoms with Crippen molar-refractivity contribution in [3.8, 4) is 0 Å². The summed E-state index contributed by atoms with van der Waals surface area (Å²) in [6.07, 6.45) is 0.375. The maximum atomic E-state index is 13.3. The predicted molar refractivity (Wildman–Crippen MR) is 118 cm³/mol. The largest absolute Gasteiger partial charge is 0.444 e. The smallest absolute Gasteiger partial charge is 0.407 e. The molecule has 2 rings (SSSR count). The zero-order valence-corrected chi connectivity index (χ0v) is 19.1. The van der Waals surface area contributed by atoms with Gasteiger partial charge in [0.15, 0.2) is 0 Å². The third kappa shape index (κ3) is 5.93. The molecule has 0 fully saturated rings. The highest BCUT2D eigenvalue weighted by atomic mass is 32.2. The summed E-state index contributed by atoms with van der Waals surface area (Å²) in [5.41, 5.74) is 0.419. The number of likely N-dealkylation sites (N-methyl/N-ethyl adjacent to an activating group) is 1. The number of carbonyl (C=O) groups excluding carboxylic acids is 1. The normalized spacial score (nSPS) is 13.4. The summed E-state index contributed by atoms with van der Waals surface area (Å²) in [5.74, 6) is 0. The first kappa shape index (κ1) is 24.1. The Hall–Kier alpha value is -2.16. The molecule has 2 aromatic carbocycles. The number of amides is 1. The van der Waals surface area contributed by atoms with Gasteiger partial charge in [0.25, 0.3) is 0 Å². The van der Waals surface area contributed by atoms with Crippen LogP contribution in [0.1, 0.15) is 39.2 Å². The predicted octanol–water partition coefficient (Wildman–Crippen LogP) is 3.43. The molecule has 0 bridgehead atoms. The molecule has 0 radical (unpaired) electrons. The van der Waals surface area contributed by atoms with Crippen molar-refractivity contribution in [2.24, 2.45) is 0 Å². The fourth-order valence-electron chi connectivity index (χ4n) is 3.23. The Balaban J connectivity index is 2.09. The van der Waals surface area contributed by atoms with Crippen molar-refractivity contribution in [3.05, 3.63) is 42.0 Å². The van der Waals surface area contributed by atoms with Gasteiger partial charge in [0.2, 0.25) is 10.0 Å². The summed E-state index contributed by atoms with van der Waals surface area (Å²) >= 11 is 0. The number of fused-ring (bicyclic) bond motifs is 1. The average Bonchev–Trinajstić information content (AvgIpc) is 2.66. The number of aryl methyl sites for hydroxylation is 1. The van der Waals surface area contributed by atoms with Crippen molar-refractivity contribution in [2.45, 2.75) is 57.1 Å². The van der Waals surface area contributed by atoms with Crippen LogP contribution < -0.4 is 5.32 Å². The van der Waals surface area contributed by atoms with Gasteiger partial charge in [-0.3, -0.25) is 0 Å². The number of benzene rings is 2. The van der Waals surface area contributed by atoms with E-state index in [1.54, 1.807) is 39.0 Å². The zero-order chi connectivity index (χ0) is 22.5. The summed E-state index contributed by atoms with van der Waals surface area (Å²) in [5, 5.41) is 14.0. The number of alkyl carbamates (subject to hydrolysis) is 1. The standard InChI is InChI=1S/C22H32N2O5S/c1-16-12-13-20(19-11-7-6-10-18(16)19)30(27,28)24(5)17(15-25)9-8-14-23-21(26)29-22(2,3)4/h6-7,10-13,17,25H,8-9,14-15H2,1-5H3,(H,23,26)/t17-/m0/s1. The summed E-state index contributed by atoms with van der Waals surface area (Å²) in [6, 6.07) is 10.2. The topological polar surface area (TPSA) is 95.9 Å². The molecule has 7 nitrogen and oxygen atoms in total. The van der Waals surface area contributed by atoms with Crippen LogP contribution in [-0.2, 0) is 14.8 Å². The van der Waals surface area contributed by atoms with Crippen molar-refractivity contribution in [1.29, 1.82) is 0 Å². The maximum Gasteiger partial charge on any atom is 0.407 e. The van der Waals surface area contributed by atoms with Crippen molar-refractivity contribution >= 4 is 26.9 Å². The van der Waals surface area contributed by atoms with Gasteiger partial charge in [0.05, 0.1) is 11.5 Å². The van der Waals surface area contributed by atoms with Crippen molar-refractivity contribution in [1.82, 2.24) is 9.62 Å². The van der Waals surface area contributed by atoms with Gasteiger partial charge in [-0.05, 0) is 57.6 Å². The Bertz CT molecular complexity index is 983. The molecule has 0 aliphatic heterocycles. The van der Waals surface area contributed by atoms with E-state index >= 15 is 0 Å². The van der Waals surface area contributed by atoms with E-state index in [1.165, 1.54) is 11.4 Å². The van der Waals surface area contributed by atoms with E-state index in [4.69, 9.17) is 4.74 Å². The van der Waals surface area contributed by atoms with Crippen LogP contribution in [0.2, 0.25) is 0 Å². The maximum absolute atomic E-state index is 13.3. The Morgan fingerprint density at radius 3 is 2.40 bits per heavy atom. The summed E-state index contributed by atoms with van der Waals surface area (Å²) in [7, 11) is -2.33. The molecule has 0 aliphatic carbocycles. The van der Waals surface area contributed by atoms with E-state index in [-0.39, 0.29) is 11.5 Å². The SMILES string of the molecule is Cc1ccc(S(=O)(=O)N(C)[C@H](CO)CCCNC(=O)OC(C)(C)C)c2ccccc12. The number of nitrogens with one attached hydrogen (secondary N) is 1. The van der Waals surface area contributed by atoms with E-state index < -0.39 is 27.8 Å². The number of sulfonamides is 1. The third-order valence-corrected chi connectivity index (χ3v) is 6.83. The van der Waals surface area contributed by atoms with E-state index in [1.807, 2.05) is 25.1 Å². The summed E-state index contributed by atoms with van der Waals surface area (Å²) in [4.78, 5) is 11.9. The molecule has 166 valence electrons. The third-order valence-electron chi connectivity index (χ3n) is 4.87. The minimum absolute atomic E-state index is 0.219. The van der Waals surface area contributed by atoms with Crippen LogP contribution in [0.25, 0.3) is 10.8 Å². The number of ether oxygens (including phenoxy) is 1. The van der Waals surface area contributed by atoms with E-state index in [0.29, 0.717) is 24.8 Å². The van der Waals surface area contributed by atoms with Crippen LogP contribution in [0.15, 0.2) is 41.3 Å². The van der Waals surface area contributed by atoms with Crippen LogP contribution in [0.5, 0.6) is 0 Å². The van der Waals surface area contributed by atoms with Gasteiger partial charge in [-0.2, -0.15) is 4.31 Å². The highest BCUT2D eigenvalue weighted by Gasteiger charge is 2.29. The molecule has 0 heterocycles. The quantitative estimate of drug-likeness (QED) is 0.618. The van der Waals surface area contributed by atoms with Crippen molar-refractivity contribution in [3.63, 3.8) is 0 Å². The molecule has 0 saturated carbocycles. The molecule has 0 aliphatic rings. The zero-order valence-electron chi connectivity index (χ0n) is 18.3. The fraction of sp³-hybridized carbons (Fsp3) is 0.500. The Kier molecular flexibility index (Phi) is 7.85. The van der Waals surface area contributed by atoms with Gasteiger partial charge in [-0.25, -0.2) is 13.2 Å². The second-order valence-corrected chi connectivity index (χ2v) is 10.3. The van der Waals surface area contributed by atoms with E-state index in [2.05, 4.69) is 5.32 Å². The fourth-order valence-corrected chi connectivity index (χ4v) is 4.80. The molecule has 2 aromatic rings. The molecule has 2 N–H and O–H groups in total. The number of rotatable bonds is 8. The molecule has 8 heteroatoms. The van der Waals surface area contributed by atoms with E-state index in [0.717, 1.165) is 10.9 Å². The second kappa shape index (κ2) is 9.76. The first-order chi connectivity index (χ1) is 14.0. The van der Waals surface area contributed by atoms with Crippen LogP contribution in [0.4, 0.5) is 4.79 Å². The van der Waals surface area contributed by atoms with Gasteiger partial charge in [-0.1, -0.05) is 30.3 Å². The van der Waals surface area contributed by atoms with Crippen LogP contribution >= 0.6 is 0 Å².